The van der Waals surface area contributed by atoms with Gasteiger partial charge in [-0.25, -0.2) is 9.37 Å². The molecule has 0 unspecified atom stereocenters. The molecule has 106 valence electrons. The third kappa shape index (κ3) is 2.50. The summed E-state index contributed by atoms with van der Waals surface area (Å²) < 4.78 is 19.4. The number of hydrogen-bond acceptors (Lipinski definition) is 3. The Kier molecular flexibility index (Phi) is 3.39. The lowest BCUT2D eigenvalue weighted by Crippen LogP contribution is -2.10. The summed E-state index contributed by atoms with van der Waals surface area (Å²) in [6.45, 7) is 2.29. The lowest BCUT2D eigenvalue weighted by atomic mass is 10.1. The molecule has 0 fully saturated rings. The monoisotopic (exact) mass is 284 g/mol. The normalized spacial score (nSPS) is 10.8. The molecule has 21 heavy (non-hydrogen) atoms. The van der Waals surface area contributed by atoms with E-state index in [1.807, 2.05) is 6.92 Å². The van der Waals surface area contributed by atoms with Crippen molar-refractivity contribution in [3.63, 3.8) is 0 Å². The van der Waals surface area contributed by atoms with E-state index in [-0.39, 0.29) is 16.9 Å². The van der Waals surface area contributed by atoms with Crippen molar-refractivity contribution in [2.45, 2.75) is 6.92 Å². The zero-order valence-electron chi connectivity index (χ0n) is 11.4. The van der Waals surface area contributed by atoms with E-state index in [0.29, 0.717) is 23.3 Å². The van der Waals surface area contributed by atoms with Crippen LogP contribution in [0.3, 0.4) is 0 Å². The van der Waals surface area contributed by atoms with Gasteiger partial charge in [-0.1, -0.05) is 12.1 Å². The van der Waals surface area contributed by atoms with E-state index < -0.39 is 5.82 Å². The molecule has 0 aliphatic carbocycles. The highest BCUT2D eigenvalue weighted by Gasteiger charge is 2.11. The van der Waals surface area contributed by atoms with E-state index in [4.69, 9.17) is 4.74 Å². The summed E-state index contributed by atoms with van der Waals surface area (Å²) in [4.78, 5) is 18.9. The number of H-pyrrole nitrogens is 1. The maximum absolute atomic E-state index is 14.1. The number of aromatic amines is 1. The fourth-order valence-electron chi connectivity index (χ4n) is 2.16. The maximum atomic E-state index is 14.1. The Morgan fingerprint density at radius 1 is 1.24 bits per heavy atom. The van der Waals surface area contributed by atoms with Crippen molar-refractivity contribution in [2.75, 3.05) is 6.61 Å². The first-order valence-corrected chi connectivity index (χ1v) is 6.61. The average molecular weight is 284 g/mol. The number of fused-ring (bicyclic) bond motifs is 1. The van der Waals surface area contributed by atoms with Crippen molar-refractivity contribution in [1.29, 1.82) is 0 Å². The van der Waals surface area contributed by atoms with Gasteiger partial charge < -0.3 is 9.72 Å². The van der Waals surface area contributed by atoms with E-state index in [1.54, 1.807) is 36.4 Å². The van der Waals surface area contributed by atoms with E-state index >= 15 is 0 Å². The minimum absolute atomic E-state index is 0.208. The van der Waals surface area contributed by atoms with Crippen LogP contribution in [0.15, 0.2) is 47.3 Å². The molecule has 4 nitrogen and oxygen atoms in total. The molecule has 1 aromatic heterocycles. The SMILES string of the molecule is CCOc1ccc(-c2nc3ccccc3c(=O)[nH]2)c(F)c1. The van der Waals surface area contributed by atoms with Crippen molar-refractivity contribution in [3.05, 3.63) is 58.6 Å². The summed E-state index contributed by atoms with van der Waals surface area (Å²) in [6, 6.07) is 11.4. The van der Waals surface area contributed by atoms with Crippen LogP contribution in [0.5, 0.6) is 5.75 Å². The highest BCUT2D eigenvalue weighted by atomic mass is 19.1. The lowest BCUT2D eigenvalue weighted by Gasteiger charge is -2.07. The molecule has 0 bridgehead atoms. The van der Waals surface area contributed by atoms with Crippen LogP contribution in [0.2, 0.25) is 0 Å². The van der Waals surface area contributed by atoms with Gasteiger partial charge in [0.25, 0.3) is 5.56 Å². The Morgan fingerprint density at radius 2 is 2.05 bits per heavy atom. The highest BCUT2D eigenvalue weighted by Crippen LogP contribution is 2.24. The summed E-state index contributed by atoms with van der Waals surface area (Å²) in [5.74, 6) is 0.167. The molecule has 5 heteroatoms. The van der Waals surface area contributed by atoms with E-state index in [1.165, 1.54) is 6.07 Å². The number of benzene rings is 2. The third-order valence-corrected chi connectivity index (χ3v) is 3.12. The molecule has 0 amide bonds. The van der Waals surface area contributed by atoms with E-state index in [0.717, 1.165) is 0 Å². The Labute approximate surface area is 120 Å². The predicted molar refractivity (Wildman–Crippen MR) is 78.9 cm³/mol. The summed E-state index contributed by atoms with van der Waals surface area (Å²) in [7, 11) is 0. The first kappa shape index (κ1) is 13.3. The molecule has 0 spiro atoms. The summed E-state index contributed by atoms with van der Waals surface area (Å²) in [5.41, 5.74) is 0.481. The number of para-hydroxylation sites is 1. The molecule has 0 radical (unpaired) electrons. The Morgan fingerprint density at radius 3 is 2.81 bits per heavy atom. The van der Waals surface area contributed by atoms with Crippen LogP contribution in [-0.4, -0.2) is 16.6 Å². The van der Waals surface area contributed by atoms with Gasteiger partial charge in [-0.05, 0) is 31.2 Å². The molecule has 0 aliphatic rings. The van der Waals surface area contributed by atoms with Gasteiger partial charge in [0.15, 0.2) is 0 Å². The van der Waals surface area contributed by atoms with Gasteiger partial charge in [0, 0.05) is 6.07 Å². The first-order chi connectivity index (χ1) is 10.2. The van der Waals surface area contributed by atoms with Crippen LogP contribution in [0, 0.1) is 5.82 Å². The van der Waals surface area contributed by atoms with Crippen molar-refractivity contribution < 1.29 is 9.13 Å². The molecule has 0 aliphatic heterocycles. The summed E-state index contributed by atoms with van der Waals surface area (Å²) in [5, 5.41) is 0.479. The second-order valence-corrected chi connectivity index (χ2v) is 4.51. The fourth-order valence-corrected chi connectivity index (χ4v) is 2.16. The van der Waals surface area contributed by atoms with Crippen LogP contribution in [0.4, 0.5) is 4.39 Å². The minimum Gasteiger partial charge on any atom is -0.494 e. The summed E-state index contributed by atoms with van der Waals surface area (Å²) in [6.07, 6.45) is 0. The molecule has 0 saturated carbocycles. The molecule has 3 aromatic rings. The van der Waals surface area contributed by atoms with Crippen molar-refractivity contribution in [2.24, 2.45) is 0 Å². The second-order valence-electron chi connectivity index (χ2n) is 4.51. The standard InChI is InChI=1S/C16H13FN2O2/c1-2-21-10-7-8-11(13(17)9-10)15-18-14-6-4-3-5-12(14)16(20)19-15/h3-9H,2H2,1H3,(H,18,19,20). The van der Waals surface area contributed by atoms with Crippen LogP contribution in [0.25, 0.3) is 22.3 Å². The zero-order valence-corrected chi connectivity index (χ0v) is 11.4. The van der Waals surface area contributed by atoms with Gasteiger partial charge in [-0.3, -0.25) is 4.79 Å². The molecule has 1 N–H and O–H groups in total. The summed E-state index contributed by atoms with van der Waals surface area (Å²) >= 11 is 0. The second kappa shape index (κ2) is 5.36. The average Bonchev–Trinajstić information content (AvgIpc) is 2.48. The van der Waals surface area contributed by atoms with Gasteiger partial charge in [0.2, 0.25) is 0 Å². The predicted octanol–water partition coefficient (Wildman–Crippen LogP) is 3.13. The van der Waals surface area contributed by atoms with Crippen LogP contribution in [0.1, 0.15) is 6.92 Å². The van der Waals surface area contributed by atoms with Gasteiger partial charge >= 0.3 is 0 Å². The zero-order chi connectivity index (χ0) is 14.8. The van der Waals surface area contributed by atoms with Gasteiger partial charge in [-0.15, -0.1) is 0 Å². The molecule has 1 heterocycles. The number of nitrogens with zero attached hydrogens (tertiary/aromatic N) is 1. The van der Waals surface area contributed by atoms with Gasteiger partial charge in [0.05, 0.1) is 23.1 Å². The molecular formula is C16H13FN2O2. The van der Waals surface area contributed by atoms with Crippen LogP contribution < -0.4 is 10.3 Å². The number of hydrogen-bond donors (Lipinski definition) is 1. The van der Waals surface area contributed by atoms with Crippen LogP contribution in [-0.2, 0) is 0 Å². The maximum Gasteiger partial charge on any atom is 0.259 e. The highest BCUT2D eigenvalue weighted by molar-refractivity contribution is 5.79. The van der Waals surface area contributed by atoms with E-state index in [9.17, 15) is 9.18 Å². The molecule has 0 saturated heterocycles. The quantitative estimate of drug-likeness (QED) is 0.804. The van der Waals surface area contributed by atoms with Crippen LogP contribution >= 0.6 is 0 Å². The number of nitrogens with one attached hydrogen (secondary N) is 1. The molecule has 2 aromatic carbocycles. The van der Waals surface area contributed by atoms with Gasteiger partial charge in [-0.2, -0.15) is 0 Å². The van der Waals surface area contributed by atoms with E-state index in [2.05, 4.69) is 9.97 Å². The molecule has 0 atom stereocenters. The molecule has 3 rings (SSSR count). The van der Waals surface area contributed by atoms with Crippen molar-refractivity contribution >= 4 is 10.9 Å². The number of rotatable bonds is 3. The van der Waals surface area contributed by atoms with Gasteiger partial charge in [0.1, 0.15) is 17.4 Å². The third-order valence-electron chi connectivity index (χ3n) is 3.12. The largest absolute Gasteiger partial charge is 0.494 e. The lowest BCUT2D eigenvalue weighted by molar-refractivity contribution is 0.338. The minimum atomic E-state index is -0.487. The topological polar surface area (TPSA) is 55.0 Å². The molecular weight excluding hydrogens is 271 g/mol. The fraction of sp³-hybridized carbons (Fsp3) is 0.125. The van der Waals surface area contributed by atoms with Crippen molar-refractivity contribution in [1.82, 2.24) is 9.97 Å². The Hall–Kier alpha value is -2.69. The number of aromatic nitrogens is 2. The smallest absolute Gasteiger partial charge is 0.259 e. The Bertz CT molecular complexity index is 858. The Balaban J connectivity index is 2.14. The number of ether oxygens (including phenoxy) is 1. The number of halogens is 1. The first-order valence-electron chi connectivity index (χ1n) is 6.61. The van der Waals surface area contributed by atoms with Crippen molar-refractivity contribution in [3.8, 4) is 17.1 Å².